The van der Waals surface area contributed by atoms with E-state index in [0.29, 0.717) is 5.56 Å². The summed E-state index contributed by atoms with van der Waals surface area (Å²) in [5.74, 6) is -0.320. The minimum Gasteiger partial charge on any atom is -0.507 e. The third-order valence-corrected chi connectivity index (χ3v) is 2.75. The molecule has 0 aromatic heterocycles. The molecule has 0 heterocycles. The number of carbonyl (C=O) groups is 1. The number of halogens is 1. The number of phenolic OH excluding ortho intramolecular Hbond substituents is 1. The Kier molecular flexibility index (Phi) is 4.32. The third kappa shape index (κ3) is 2.96. The minimum atomic E-state index is -0.760. The number of hydrogen-bond donors (Lipinski definition) is 2. The first-order valence-electron chi connectivity index (χ1n) is 4.77. The van der Waals surface area contributed by atoms with Gasteiger partial charge >= 0.3 is 5.97 Å². The number of rotatable bonds is 3. The molecule has 1 unspecified atom stereocenters. The maximum Gasteiger partial charge on any atom is 0.322 e. The molecule has 88 valence electrons. The number of esters is 1. The van der Waals surface area contributed by atoms with Gasteiger partial charge < -0.3 is 15.6 Å². The molecule has 1 aromatic carbocycles. The van der Waals surface area contributed by atoms with Crippen molar-refractivity contribution in [2.24, 2.45) is 5.73 Å². The molecular formula is C11H14BrNO3. The highest BCUT2D eigenvalue weighted by Crippen LogP contribution is 2.27. The lowest BCUT2D eigenvalue weighted by molar-refractivity contribution is -0.142. The Balaban J connectivity index is 2.93. The Hall–Kier alpha value is -1.07. The number of phenols is 1. The zero-order valence-corrected chi connectivity index (χ0v) is 10.7. The molecule has 0 fully saturated rings. The van der Waals surface area contributed by atoms with Crippen molar-refractivity contribution >= 4 is 21.9 Å². The summed E-state index contributed by atoms with van der Waals surface area (Å²) in [4.78, 5) is 11.2. The Morgan fingerprint density at radius 2 is 2.25 bits per heavy atom. The van der Waals surface area contributed by atoms with E-state index in [1.807, 2.05) is 0 Å². The van der Waals surface area contributed by atoms with Crippen molar-refractivity contribution in [3.05, 3.63) is 27.7 Å². The van der Waals surface area contributed by atoms with Gasteiger partial charge in [-0.1, -0.05) is 15.9 Å². The Labute approximate surface area is 103 Å². The molecular weight excluding hydrogens is 274 g/mol. The van der Waals surface area contributed by atoms with Crippen molar-refractivity contribution in [3.8, 4) is 5.75 Å². The van der Waals surface area contributed by atoms with E-state index in [2.05, 4.69) is 20.7 Å². The molecule has 0 bridgehead atoms. The number of carbonyl (C=O) groups excluding carboxylic acids is 1. The molecule has 0 spiro atoms. The molecule has 0 saturated heterocycles. The van der Waals surface area contributed by atoms with Crippen molar-refractivity contribution in [2.45, 2.75) is 19.4 Å². The highest BCUT2D eigenvalue weighted by atomic mass is 79.9. The second kappa shape index (κ2) is 5.32. The standard InChI is InChI=1S/C11H14BrNO3/c1-6-3-8(12)4-7(10(6)14)5-9(13)11(15)16-2/h3-4,9,14H,5,13H2,1-2H3. The second-order valence-corrected chi connectivity index (χ2v) is 4.48. The number of ether oxygens (including phenoxy) is 1. The first kappa shape index (κ1) is 13.0. The zero-order chi connectivity index (χ0) is 12.3. The minimum absolute atomic E-state index is 0.169. The van der Waals surface area contributed by atoms with Crippen LogP contribution in [0.25, 0.3) is 0 Å². The fourth-order valence-corrected chi connectivity index (χ4v) is 2.05. The van der Waals surface area contributed by atoms with Crippen LogP contribution in [0.2, 0.25) is 0 Å². The van der Waals surface area contributed by atoms with E-state index in [1.165, 1.54) is 7.11 Å². The van der Waals surface area contributed by atoms with Crippen LogP contribution in [0, 0.1) is 6.92 Å². The quantitative estimate of drug-likeness (QED) is 0.827. The molecule has 1 aromatic rings. The van der Waals surface area contributed by atoms with Gasteiger partial charge in [0, 0.05) is 10.9 Å². The molecule has 16 heavy (non-hydrogen) atoms. The summed E-state index contributed by atoms with van der Waals surface area (Å²) in [6.07, 6.45) is 0.249. The number of methoxy groups -OCH3 is 1. The maximum atomic E-state index is 11.2. The van der Waals surface area contributed by atoms with Crippen LogP contribution >= 0.6 is 15.9 Å². The van der Waals surface area contributed by atoms with Crippen molar-refractivity contribution in [1.82, 2.24) is 0 Å². The number of benzene rings is 1. The first-order valence-corrected chi connectivity index (χ1v) is 5.56. The SMILES string of the molecule is COC(=O)C(N)Cc1cc(Br)cc(C)c1O. The van der Waals surface area contributed by atoms with Gasteiger partial charge in [-0.3, -0.25) is 4.79 Å². The molecule has 0 saturated carbocycles. The normalized spacial score (nSPS) is 12.2. The molecule has 0 aliphatic heterocycles. The van der Waals surface area contributed by atoms with Gasteiger partial charge in [-0.25, -0.2) is 0 Å². The van der Waals surface area contributed by atoms with Crippen molar-refractivity contribution in [3.63, 3.8) is 0 Å². The average Bonchev–Trinajstić information content (AvgIpc) is 2.23. The number of nitrogens with two attached hydrogens (primary N) is 1. The second-order valence-electron chi connectivity index (χ2n) is 3.56. The van der Waals surface area contributed by atoms with Crippen LogP contribution in [0.1, 0.15) is 11.1 Å². The molecule has 4 nitrogen and oxygen atoms in total. The molecule has 1 rings (SSSR count). The largest absolute Gasteiger partial charge is 0.507 e. The van der Waals surface area contributed by atoms with Crippen molar-refractivity contribution < 1.29 is 14.6 Å². The summed E-state index contributed by atoms with van der Waals surface area (Å²) in [7, 11) is 1.29. The predicted molar refractivity (Wildman–Crippen MR) is 64.2 cm³/mol. The van der Waals surface area contributed by atoms with Crippen LogP contribution in [0.3, 0.4) is 0 Å². The smallest absolute Gasteiger partial charge is 0.322 e. The maximum absolute atomic E-state index is 11.2. The van der Waals surface area contributed by atoms with E-state index in [4.69, 9.17) is 5.73 Å². The summed E-state index contributed by atoms with van der Waals surface area (Å²) >= 11 is 3.32. The summed E-state index contributed by atoms with van der Waals surface area (Å²) in [5, 5.41) is 9.80. The average molecular weight is 288 g/mol. The molecule has 0 aliphatic rings. The summed E-state index contributed by atoms with van der Waals surface area (Å²) in [6, 6.07) is 2.78. The molecule has 3 N–H and O–H groups in total. The van der Waals surface area contributed by atoms with Gasteiger partial charge in [0.1, 0.15) is 11.8 Å². The first-order chi connectivity index (χ1) is 7.45. The van der Waals surface area contributed by atoms with Gasteiger partial charge in [-0.05, 0) is 30.2 Å². The van der Waals surface area contributed by atoms with Gasteiger partial charge in [-0.2, -0.15) is 0 Å². The Morgan fingerprint density at radius 3 is 2.81 bits per heavy atom. The van der Waals surface area contributed by atoms with Gasteiger partial charge in [-0.15, -0.1) is 0 Å². The van der Waals surface area contributed by atoms with Gasteiger partial charge in [0.05, 0.1) is 7.11 Å². The fourth-order valence-electron chi connectivity index (χ4n) is 1.43. The summed E-state index contributed by atoms with van der Waals surface area (Å²) < 4.78 is 5.37. The number of aryl methyl sites for hydroxylation is 1. The number of hydrogen-bond acceptors (Lipinski definition) is 4. The third-order valence-electron chi connectivity index (χ3n) is 2.29. The predicted octanol–water partition coefficient (Wildman–Crippen LogP) is 1.51. The lowest BCUT2D eigenvalue weighted by Gasteiger charge is -2.12. The zero-order valence-electron chi connectivity index (χ0n) is 9.16. The van der Waals surface area contributed by atoms with Crippen LogP contribution < -0.4 is 5.73 Å². The molecule has 0 amide bonds. The highest BCUT2D eigenvalue weighted by molar-refractivity contribution is 9.10. The Morgan fingerprint density at radius 1 is 1.62 bits per heavy atom. The van der Waals surface area contributed by atoms with Crippen molar-refractivity contribution in [2.75, 3.05) is 7.11 Å². The van der Waals surface area contributed by atoms with Crippen LogP contribution in [-0.2, 0) is 16.0 Å². The van der Waals surface area contributed by atoms with E-state index in [-0.39, 0.29) is 12.2 Å². The van der Waals surface area contributed by atoms with E-state index < -0.39 is 12.0 Å². The summed E-state index contributed by atoms with van der Waals surface area (Å²) in [5.41, 5.74) is 6.99. The monoisotopic (exact) mass is 287 g/mol. The highest BCUT2D eigenvalue weighted by Gasteiger charge is 2.17. The fraction of sp³-hybridized carbons (Fsp3) is 0.364. The number of aromatic hydroxyl groups is 1. The van der Waals surface area contributed by atoms with Crippen LogP contribution in [0.5, 0.6) is 5.75 Å². The van der Waals surface area contributed by atoms with Crippen molar-refractivity contribution in [1.29, 1.82) is 0 Å². The molecule has 1 atom stereocenters. The van der Waals surface area contributed by atoms with Gasteiger partial charge in [0.25, 0.3) is 0 Å². The molecule has 0 radical (unpaired) electrons. The van der Waals surface area contributed by atoms with E-state index >= 15 is 0 Å². The van der Waals surface area contributed by atoms with E-state index in [9.17, 15) is 9.90 Å². The van der Waals surface area contributed by atoms with Crippen LogP contribution in [0.4, 0.5) is 0 Å². The van der Waals surface area contributed by atoms with Crippen LogP contribution in [-0.4, -0.2) is 24.2 Å². The topological polar surface area (TPSA) is 72.5 Å². The van der Waals surface area contributed by atoms with Gasteiger partial charge in [0.15, 0.2) is 0 Å². The Bertz CT molecular complexity index is 406. The molecule has 5 heteroatoms. The summed E-state index contributed by atoms with van der Waals surface area (Å²) in [6.45, 7) is 1.78. The van der Waals surface area contributed by atoms with Crippen LogP contribution in [0.15, 0.2) is 16.6 Å². The van der Waals surface area contributed by atoms with E-state index in [1.54, 1.807) is 19.1 Å². The van der Waals surface area contributed by atoms with Gasteiger partial charge in [0.2, 0.25) is 0 Å². The lowest BCUT2D eigenvalue weighted by atomic mass is 10.0. The molecule has 0 aliphatic carbocycles. The lowest BCUT2D eigenvalue weighted by Crippen LogP contribution is -2.33. The van der Waals surface area contributed by atoms with E-state index in [0.717, 1.165) is 10.0 Å².